The van der Waals surface area contributed by atoms with E-state index in [-0.39, 0.29) is 31.1 Å². The van der Waals surface area contributed by atoms with Crippen LogP contribution in [0.2, 0.25) is 0 Å². The maximum atomic E-state index is 12.9. The molecule has 0 aromatic rings. The molecule has 1 atom stereocenters. The maximum absolute atomic E-state index is 12.9. The number of rotatable bonds is 65. The average Bonchev–Trinajstić information content (AvgIpc) is 3.46. The Morgan fingerprint density at radius 1 is 0.250 bits per heavy atom. The van der Waals surface area contributed by atoms with Gasteiger partial charge in [-0.2, -0.15) is 0 Å². The second-order valence-electron chi connectivity index (χ2n) is 23.8. The number of ether oxygens (including phenoxy) is 3. The van der Waals surface area contributed by atoms with Crippen LogP contribution in [0.25, 0.3) is 0 Å². The molecule has 0 amide bonds. The number of allylic oxidation sites excluding steroid dienone is 10. The van der Waals surface area contributed by atoms with E-state index in [9.17, 15) is 14.4 Å². The molecule has 0 saturated heterocycles. The molecule has 0 bridgehead atoms. The van der Waals surface area contributed by atoms with Gasteiger partial charge in [0, 0.05) is 19.3 Å². The fraction of sp³-hybridized carbons (Fsp3) is 0.824. The standard InChI is InChI=1S/C74H134O6/c1-4-7-10-13-16-19-22-25-28-30-32-33-34-35-36-37-38-39-40-41-43-44-46-49-52-55-58-61-64-67-73(76)79-70-71(69-78-72(75)66-63-60-57-54-51-48-27-24-21-18-15-12-9-6-3)80-74(77)68-65-62-59-56-53-50-47-45-42-31-29-26-23-20-17-14-11-8-5-2/h17,20,22,25-26,29-30,32,34-35,71H,4-16,18-19,21,23-24,27-28,31,33,36-70H2,1-3H3/b20-17-,25-22-,29-26-,32-30-,35-34-. The smallest absolute Gasteiger partial charge is 0.306 e. The first-order valence-corrected chi connectivity index (χ1v) is 35.3. The van der Waals surface area contributed by atoms with E-state index in [0.717, 1.165) is 77.0 Å². The van der Waals surface area contributed by atoms with Crippen LogP contribution in [-0.4, -0.2) is 37.2 Å². The van der Waals surface area contributed by atoms with Crippen LogP contribution in [0.5, 0.6) is 0 Å². The van der Waals surface area contributed by atoms with Crippen LogP contribution in [0.15, 0.2) is 60.8 Å². The first-order valence-electron chi connectivity index (χ1n) is 35.3. The molecule has 80 heavy (non-hydrogen) atoms. The Kier molecular flexibility index (Phi) is 66.1. The molecule has 6 nitrogen and oxygen atoms in total. The third kappa shape index (κ3) is 65.9. The lowest BCUT2D eigenvalue weighted by Gasteiger charge is -2.18. The Hall–Kier alpha value is -2.89. The predicted molar refractivity (Wildman–Crippen MR) is 348 cm³/mol. The van der Waals surface area contributed by atoms with Crippen LogP contribution < -0.4 is 0 Å². The zero-order valence-corrected chi connectivity index (χ0v) is 53.6. The van der Waals surface area contributed by atoms with Crippen molar-refractivity contribution in [2.24, 2.45) is 0 Å². The van der Waals surface area contributed by atoms with E-state index in [0.29, 0.717) is 19.3 Å². The minimum absolute atomic E-state index is 0.0713. The summed E-state index contributed by atoms with van der Waals surface area (Å²) in [4.78, 5) is 38.4. The van der Waals surface area contributed by atoms with Crippen molar-refractivity contribution in [3.63, 3.8) is 0 Å². The molecular formula is C74H134O6. The van der Waals surface area contributed by atoms with Gasteiger partial charge in [-0.25, -0.2) is 0 Å². The predicted octanol–water partition coefficient (Wildman–Crippen LogP) is 24.3. The summed E-state index contributed by atoms with van der Waals surface area (Å²) in [7, 11) is 0. The summed E-state index contributed by atoms with van der Waals surface area (Å²) in [5.74, 6) is -0.852. The van der Waals surface area contributed by atoms with E-state index in [1.165, 1.54) is 257 Å². The molecule has 6 heteroatoms. The fourth-order valence-corrected chi connectivity index (χ4v) is 10.4. The quantitative estimate of drug-likeness (QED) is 0.0261. The van der Waals surface area contributed by atoms with Crippen molar-refractivity contribution in [1.29, 1.82) is 0 Å². The molecule has 0 aliphatic rings. The second kappa shape index (κ2) is 68.6. The van der Waals surface area contributed by atoms with Crippen LogP contribution in [0.1, 0.15) is 374 Å². The van der Waals surface area contributed by atoms with Crippen molar-refractivity contribution in [2.75, 3.05) is 13.2 Å². The highest BCUT2D eigenvalue weighted by molar-refractivity contribution is 5.71. The van der Waals surface area contributed by atoms with Crippen molar-refractivity contribution in [3.05, 3.63) is 60.8 Å². The number of hydrogen-bond donors (Lipinski definition) is 0. The Labute approximate surface area is 498 Å². The van der Waals surface area contributed by atoms with Gasteiger partial charge in [-0.15, -0.1) is 0 Å². The molecule has 466 valence electrons. The van der Waals surface area contributed by atoms with Crippen molar-refractivity contribution < 1.29 is 28.6 Å². The SMILES string of the molecule is CCCCC/C=C\C/C=C\CCCCCCCCCCCC(=O)OC(COC(=O)CCCCCCCCCCCCCCCC)COC(=O)CCCCCCCCCCCCCCCC/C=C\C/C=C\C/C=C\CCCCCCC. The van der Waals surface area contributed by atoms with Crippen LogP contribution in [0.3, 0.4) is 0 Å². The molecule has 0 fully saturated rings. The van der Waals surface area contributed by atoms with E-state index < -0.39 is 6.10 Å². The van der Waals surface area contributed by atoms with Gasteiger partial charge in [0.25, 0.3) is 0 Å². The second-order valence-corrected chi connectivity index (χ2v) is 23.8. The number of hydrogen-bond acceptors (Lipinski definition) is 6. The Morgan fingerprint density at radius 3 is 0.725 bits per heavy atom. The summed E-state index contributed by atoms with van der Waals surface area (Å²) in [5, 5.41) is 0. The number of esters is 3. The van der Waals surface area contributed by atoms with Gasteiger partial charge < -0.3 is 14.2 Å². The molecule has 0 rings (SSSR count). The molecule has 0 spiro atoms. The molecule has 0 aromatic heterocycles. The molecule has 0 heterocycles. The number of carbonyl (C=O) groups excluding carboxylic acids is 3. The Balaban J connectivity index is 4.24. The maximum Gasteiger partial charge on any atom is 0.306 e. The molecule has 0 radical (unpaired) electrons. The van der Waals surface area contributed by atoms with Crippen LogP contribution in [-0.2, 0) is 28.6 Å². The third-order valence-corrected chi connectivity index (χ3v) is 15.7. The lowest BCUT2D eigenvalue weighted by molar-refractivity contribution is -0.167. The summed E-state index contributed by atoms with van der Waals surface area (Å²) < 4.78 is 17.0. The van der Waals surface area contributed by atoms with Crippen molar-refractivity contribution in [1.82, 2.24) is 0 Å². The molecule has 0 N–H and O–H groups in total. The van der Waals surface area contributed by atoms with Gasteiger partial charge in [0.1, 0.15) is 13.2 Å². The Morgan fingerprint density at radius 2 is 0.450 bits per heavy atom. The van der Waals surface area contributed by atoms with E-state index in [1.807, 2.05) is 0 Å². The molecule has 0 aromatic carbocycles. The summed E-state index contributed by atoms with van der Waals surface area (Å²) in [6.45, 7) is 6.66. The molecule has 1 unspecified atom stereocenters. The Bertz CT molecular complexity index is 1430. The van der Waals surface area contributed by atoms with E-state index in [2.05, 4.69) is 81.5 Å². The van der Waals surface area contributed by atoms with Gasteiger partial charge in [0.15, 0.2) is 6.10 Å². The van der Waals surface area contributed by atoms with Crippen LogP contribution in [0, 0.1) is 0 Å². The minimum atomic E-state index is -0.776. The van der Waals surface area contributed by atoms with E-state index in [1.54, 1.807) is 0 Å². The molecular weight excluding hydrogens is 985 g/mol. The number of carbonyl (C=O) groups is 3. The van der Waals surface area contributed by atoms with Crippen molar-refractivity contribution >= 4 is 17.9 Å². The van der Waals surface area contributed by atoms with Gasteiger partial charge in [0.05, 0.1) is 0 Å². The first kappa shape index (κ1) is 77.1. The minimum Gasteiger partial charge on any atom is -0.462 e. The first-order chi connectivity index (χ1) is 39.5. The van der Waals surface area contributed by atoms with Gasteiger partial charge in [-0.05, 0) is 89.9 Å². The van der Waals surface area contributed by atoms with Gasteiger partial charge >= 0.3 is 17.9 Å². The van der Waals surface area contributed by atoms with E-state index in [4.69, 9.17) is 14.2 Å². The molecule has 0 saturated carbocycles. The largest absolute Gasteiger partial charge is 0.462 e. The third-order valence-electron chi connectivity index (χ3n) is 15.7. The van der Waals surface area contributed by atoms with Crippen LogP contribution in [0.4, 0.5) is 0 Å². The fourth-order valence-electron chi connectivity index (χ4n) is 10.4. The van der Waals surface area contributed by atoms with Crippen molar-refractivity contribution in [2.45, 2.75) is 380 Å². The highest BCUT2D eigenvalue weighted by Gasteiger charge is 2.19. The summed E-state index contributed by atoms with van der Waals surface area (Å²) in [5.41, 5.74) is 0. The zero-order valence-electron chi connectivity index (χ0n) is 53.6. The van der Waals surface area contributed by atoms with Gasteiger partial charge in [-0.1, -0.05) is 326 Å². The average molecular weight is 1120 g/mol. The molecule has 0 aliphatic heterocycles. The van der Waals surface area contributed by atoms with Crippen molar-refractivity contribution in [3.8, 4) is 0 Å². The highest BCUT2D eigenvalue weighted by atomic mass is 16.6. The summed E-state index contributed by atoms with van der Waals surface area (Å²) in [6, 6.07) is 0. The van der Waals surface area contributed by atoms with Gasteiger partial charge in [0.2, 0.25) is 0 Å². The molecule has 0 aliphatic carbocycles. The zero-order chi connectivity index (χ0) is 57.8. The highest BCUT2D eigenvalue weighted by Crippen LogP contribution is 2.18. The number of unbranched alkanes of at least 4 members (excludes halogenated alkanes) is 44. The summed E-state index contributed by atoms with van der Waals surface area (Å²) >= 11 is 0. The monoisotopic (exact) mass is 1120 g/mol. The van der Waals surface area contributed by atoms with E-state index >= 15 is 0 Å². The lowest BCUT2D eigenvalue weighted by Crippen LogP contribution is -2.30. The summed E-state index contributed by atoms with van der Waals surface area (Å²) in [6.07, 6.45) is 88.1. The van der Waals surface area contributed by atoms with Gasteiger partial charge in [-0.3, -0.25) is 14.4 Å². The lowest BCUT2D eigenvalue weighted by atomic mass is 10.0. The normalized spacial score (nSPS) is 12.4. The topological polar surface area (TPSA) is 78.9 Å². The van der Waals surface area contributed by atoms with Crippen LogP contribution >= 0.6 is 0 Å².